The Kier molecular flexibility index (Phi) is 2.95. The summed E-state index contributed by atoms with van der Waals surface area (Å²) in [5, 5.41) is 2.35. The van der Waals surface area contributed by atoms with E-state index in [1.54, 1.807) is 0 Å². The Morgan fingerprint density at radius 3 is 2.14 bits per heavy atom. The third kappa shape index (κ3) is 1.98. The average Bonchev–Trinajstić information content (AvgIpc) is 2.44. The number of anilines is 2. The second-order valence-electron chi connectivity index (χ2n) is 6.38. The fraction of sp³-hybridized carbons (Fsp3) is 0.235. The minimum Gasteiger partial charge on any atom is -0.399 e. The lowest BCUT2D eigenvalue weighted by Crippen LogP contribution is -2.59. The molecule has 0 fully saturated rings. The third-order valence-corrected chi connectivity index (χ3v) is 7.92. The number of fused-ring (bicyclic) bond motifs is 2. The summed E-state index contributed by atoms with van der Waals surface area (Å²) in [4.78, 5) is 14.8. The highest BCUT2D eigenvalue weighted by atomic mass is 28.3. The van der Waals surface area contributed by atoms with Crippen molar-refractivity contribution < 1.29 is 4.79 Å². The Hall–Kier alpha value is -2.07. The fourth-order valence-corrected chi connectivity index (χ4v) is 6.16. The van der Waals surface area contributed by atoms with Crippen molar-refractivity contribution in [3.05, 3.63) is 47.5 Å². The van der Waals surface area contributed by atoms with Crippen molar-refractivity contribution in [3.8, 4) is 0 Å². The lowest BCUT2D eigenvalue weighted by atomic mass is 10.0. The first kappa shape index (κ1) is 13.9. The first-order valence-corrected chi connectivity index (χ1v) is 10.1. The van der Waals surface area contributed by atoms with Crippen molar-refractivity contribution in [2.75, 3.05) is 24.7 Å². The van der Waals surface area contributed by atoms with Gasteiger partial charge in [0, 0.05) is 36.6 Å². The van der Waals surface area contributed by atoms with Gasteiger partial charge in [-0.2, -0.15) is 0 Å². The third-order valence-electron chi connectivity index (χ3n) is 4.40. The highest BCUT2D eigenvalue weighted by molar-refractivity contribution is 7.02. The summed E-state index contributed by atoms with van der Waals surface area (Å²) >= 11 is 0. The largest absolute Gasteiger partial charge is 0.399 e. The number of nitrogens with zero attached hydrogens (tertiary/aromatic N) is 1. The van der Waals surface area contributed by atoms with Crippen LogP contribution in [-0.2, 0) is 0 Å². The summed E-state index contributed by atoms with van der Waals surface area (Å²) in [5.74, 6) is 0.122. The first-order valence-electron chi connectivity index (χ1n) is 7.09. The Morgan fingerprint density at radius 2 is 1.52 bits per heavy atom. The first-order chi connectivity index (χ1) is 9.82. The van der Waals surface area contributed by atoms with E-state index in [9.17, 15) is 4.79 Å². The fourth-order valence-electron chi connectivity index (χ4n) is 3.09. The standard InChI is InChI=1S/C17H20N2OSi/c1-19(2)12-6-8-14-16(10-12)21(3,4)15-9-11(18)5-7-13(15)17(14)20/h5-10H,18H2,1-4H3. The van der Waals surface area contributed by atoms with E-state index >= 15 is 0 Å². The molecule has 2 aromatic carbocycles. The molecule has 4 heteroatoms. The Labute approximate surface area is 126 Å². The summed E-state index contributed by atoms with van der Waals surface area (Å²) in [7, 11) is 2.13. The van der Waals surface area contributed by atoms with E-state index in [4.69, 9.17) is 5.73 Å². The number of carbonyl (C=O) groups is 1. The van der Waals surface area contributed by atoms with Gasteiger partial charge in [-0.05, 0) is 46.8 Å². The summed E-state index contributed by atoms with van der Waals surface area (Å²) < 4.78 is 0. The minimum atomic E-state index is -1.91. The van der Waals surface area contributed by atoms with Gasteiger partial charge in [0.25, 0.3) is 0 Å². The van der Waals surface area contributed by atoms with Gasteiger partial charge in [-0.15, -0.1) is 0 Å². The molecule has 0 saturated heterocycles. The molecule has 0 saturated carbocycles. The number of rotatable bonds is 1. The van der Waals surface area contributed by atoms with E-state index in [1.165, 1.54) is 5.19 Å². The molecule has 0 aliphatic carbocycles. The predicted octanol–water partition coefficient (Wildman–Crippen LogP) is 1.70. The minimum absolute atomic E-state index is 0.122. The SMILES string of the molecule is CN(C)c1ccc2c(c1)[Si](C)(C)c1cc(N)ccc1C2=O. The molecule has 1 heterocycles. The monoisotopic (exact) mass is 296 g/mol. The van der Waals surface area contributed by atoms with Crippen molar-refractivity contribution in [1.29, 1.82) is 0 Å². The van der Waals surface area contributed by atoms with Gasteiger partial charge in [0.1, 0.15) is 8.07 Å². The molecule has 0 bridgehead atoms. The summed E-state index contributed by atoms with van der Waals surface area (Å²) in [6.45, 7) is 4.58. The lowest BCUT2D eigenvalue weighted by molar-refractivity contribution is 0.104. The van der Waals surface area contributed by atoms with Crippen molar-refractivity contribution in [1.82, 2.24) is 0 Å². The van der Waals surface area contributed by atoms with Crippen LogP contribution in [0, 0.1) is 0 Å². The molecular weight excluding hydrogens is 276 g/mol. The lowest BCUT2D eigenvalue weighted by Gasteiger charge is -2.33. The number of hydrogen-bond donors (Lipinski definition) is 1. The molecule has 1 aliphatic rings. The van der Waals surface area contributed by atoms with E-state index in [0.29, 0.717) is 0 Å². The van der Waals surface area contributed by atoms with E-state index < -0.39 is 8.07 Å². The van der Waals surface area contributed by atoms with E-state index in [1.807, 2.05) is 44.4 Å². The molecule has 0 atom stereocenters. The number of nitrogens with two attached hydrogens (primary N) is 1. The second kappa shape index (κ2) is 4.46. The van der Waals surface area contributed by atoms with Crippen molar-refractivity contribution in [3.63, 3.8) is 0 Å². The molecule has 3 nitrogen and oxygen atoms in total. The Bertz CT molecular complexity index is 750. The summed E-state index contributed by atoms with van der Waals surface area (Å²) in [6.07, 6.45) is 0. The molecular formula is C17H20N2OSi. The smallest absolute Gasteiger partial charge is 0.192 e. The van der Waals surface area contributed by atoms with Gasteiger partial charge < -0.3 is 10.6 Å². The van der Waals surface area contributed by atoms with Crippen LogP contribution in [0.3, 0.4) is 0 Å². The van der Waals surface area contributed by atoms with E-state index in [-0.39, 0.29) is 5.78 Å². The van der Waals surface area contributed by atoms with Crippen molar-refractivity contribution in [2.45, 2.75) is 13.1 Å². The van der Waals surface area contributed by atoms with Gasteiger partial charge in [-0.3, -0.25) is 4.79 Å². The van der Waals surface area contributed by atoms with Crippen molar-refractivity contribution >= 4 is 35.6 Å². The van der Waals surface area contributed by atoms with Crippen LogP contribution in [0.5, 0.6) is 0 Å². The van der Waals surface area contributed by atoms with Crippen LogP contribution >= 0.6 is 0 Å². The molecule has 2 N–H and O–H groups in total. The molecule has 0 radical (unpaired) electrons. The predicted molar refractivity (Wildman–Crippen MR) is 91.8 cm³/mol. The highest BCUT2D eigenvalue weighted by Gasteiger charge is 2.38. The van der Waals surface area contributed by atoms with E-state index in [2.05, 4.69) is 24.1 Å². The number of benzene rings is 2. The van der Waals surface area contributed by atoms with Gasteiger partial charge in [-0.1, -0.05) is 13.1 Å². The van der Waals surface area contributed by atoms with Crippen LogP contribution in [0.1, 0.15) is 15.9 Å². The quantitative estimate of drug-likeness (QED) is 0.643. The van der Waals surface area contributed by atoms with Gasteiger partial charge >= 0.3 is 0 Å². The van der Waals surface area contributed by atoms with E-state index in [0.717, 1.165) is 27.7 Å². The molecule has 0 unspecified atom stereocenters. The highest BCUT2D eigenvalue weighted by Crippen LogP contribution is 2.24. The number of nitrogen functional groups attached to an aromatic ring is 1. The summed E-state index contributed by atoms with van der Waals surface area (Å²) in [5.41, 5.74) is 9.49. The maximum absolute atomic E-state index is 12.8. The molecule has 0 amide bonds. The zero-order chi connectivity index (χ0) is 15.4. The van der Waals surface area contributed by atoms with Crippen LogP contribution in [0.25, 0.3) is 0 Å². The molecule has 0 spiro atoms. The van der Waals surface area contributed by atoms with Gasteiger partial charge in [0.15, 0.2) is 5.78 Å². The Balaban J connectivity index is 2.30. The van der Waals surface area contributed by atoms with Crippen LogP contribution in [-0.4, -0.2) is 28.0 Å². The number of carbonyl (C=O) groups excluding carboxylic acids is 1. The van der Waals surface area contributed by atoms with Gasteiger partial charge in [-0.25, -0.2) is 0 Å². The second-order valence-corrected chi connectivity index (χ2v) is 10.7. The number of ketones is 1. The van der Waals surface area contributed by atoms with Gasteiger partial charge in [0.2, 0.25) is 0 Å². The Morgan fingerprint density at radius 1 is 0.952 bits per heavy atom. The maximum Gasteiger partial charge on any atom is 0.192 e. The molecule has 0 aromatic heterocycles. The molecule has 3 rings (SSSR count). The maximum atomic E-state index is 12.8. The summed E-state index contributed by atoms with van der Waals surface area (Å²) in [6, 6.07) is 11.9. The average molecular weight is 296 g/mol. The molecule has 108 valence electrons. The van der Waals surface area contributed by atoms with Crippen LogP contribution in [0.4, 0.5) is 11.4 Å². The van der Waals surface area contributed by atoms with Crippen LogP contribution < -0.4 is 21.0 Å². The molecule has 1 aliphatic heterocycles. The molecule has 21 heavy (non-hydrogen) atoms. The number of hydrogen-bond acceptors (Lipinski definition) is 3. The zero-order valence-electron chi connectivity index (χ0n) is 12.9. The normalized spacial score (nSPS) is 15.3. The topological polar surface area (TPSA) is 46.3 Å². The van der Waals surface area contributed by atoms with Gasteiger partial charge in [0.05, 0.1) is 0 Å². The van der Waals surface area contributed by atoms with Crippen LogP contribution in [0.15, 0.2) is 36.4 Å². The zero-order valence-corrected chi connectivity index (χ0v) is 13.9. The molecule has 2 aromatic rings. The van der Waals surface area contributed by atoms with Crippen molar-refractivity contribution in [2.24, 2.45) is 0 Å². The van der Waals surface area contributed by atoms with Crippen LogP contribution in [0.2, 0.25) is 13.1 Å².